The largest absolute Gasteiger partial charge is 0.507 e. The van der Waals surface area contributed by atoms with Crippen molar-refractivity contribution < 1.29 is 33.3 Å². The molecule has 7 nitrogen and oxygen atoms in total. The number of methoxy groups -OCH3 is 2. The lowest BCUT2D eigenvalue weighted by atomic mass is 9.95. The molecule has 1 aliphatic rings. The van der Waals surface area contributed by atoms with Crippen LogP contribution >= 0.6 is 0 Å². The number of likely N-dealkylation sites (tertiary alicyclic amines) is 1. The van der Waals surface area contributed by atoms with Gasteiger partial charge in [0.2, 0.25) is 0 Å². The van der Waals surface area contributed by atoms with Crippen LogP contribution in [-0.4, -0.2) is 55.7 Å². The number of hydrogen-bond acceptors (Lipinski definition) is 6. The number of Topliss-reactive ketones (excluding diaryl/α,β-unsaturated/α-hetero) is 1. The molecule has 3 rings (SSSR count). The number of benzene rings is 2. The Balaban J connectivity index is 2.22. The lowest BCUT2D eigenvalue weighted by molar-refractivity contribution is -0.140. The van der Waals surface area contributed by atoms with Crippen molar-refractivity contribution in [1.29, 1.82) is 0 Å². The van der Waals surface area contributed by atoms with Gasteiger partial charge in [0, 0.05) is 13.7 Å². The first-order valence-electron chi connectivity index (χ1n) is 9.76. The van der Waals surface area contributed by atoms with Crippen molar-refractivity contribution in [3.05, 3.63) is 65.0 Å². The van der Waals surface area contributed by atoms with Gasteiger partial charge in [0.15, 0.2) is 0 Å². The van der Waals surface area contributed by atoms with E-state index >= 15 is 0 Å². The number of carbonyl (C=O) groups is 2. The lowest BCUT2D eigenvalue weighted by Crippen LogP contribution is -2.32. The highest BCUT2D eigenvalue weighted by molar-refractivity contribution is 6.46. The van der Waals surface area contributed by atoms with Gasteiger partial charge in [0.25, 0.3) is 11.7 Å². The maximum absolute atomic E-state index is 13.9. The van der Waals surface area contributed by atoms with Gasteiger partial charge in [-0.1, -0.05) is 12.1 Å². The zero-order valence-electron chi connectivity index (χ0n) is 17.6. The Morgan fingerprint density at radius 2 is 1.94 bits per heavy atom. The summed E-state index contributed by atoms with van der Waals surface area (Å²) in [7, 11) is 2.85. The van der Waals surface area contributed by atoms with Crippen LogP contribution in [0, 0.1) is 5.82 Å². The first kappa shape index (κ1) is 22.3. The summed E-state index contributed by atoms with van der Waals surface area (Å²) in [5.41, 5.74) is 0.398. The fourth-order valence-electron chi connectivity index (χ4n) is 3.60. The number of aliphatic hydroxyl groups excluding tert-OH is 1. The van der Waals surface area contributed by atoms with Gasteiger partial charge in [-0.3, -0.25) is 9.59 Å². The van der Waals surface area contributed by atoms with E-state index in [9.17, 15) is 19.1 Å². The predicted molar refractivity (Wildman–Crippen MR) is 111 cm³/mol. The Kier molecular flexibility index (Phi) is 6.91. The summed E-state index contributed by atoms with van der Waals surface area (Å²) < 4.78 is 29.8. The van der Waals surface area contributed by atoms with Crippen LogP contribution < -0.4 is 9.47 Å². The van der Waals surface area contributed by atoms with Crippen LogP contribution in [0.3, 0.4) is 0 Å². The quantitative estimate of drug-likeness (QED) is 0.394. The fraction of sp³-hybridized carbons (Fsp3) is 0.304. The molecule has 0 radical (unpaired) electrons. The number of rotatable bonds is 8. The molecule has 0 aromatic heterocycles. The number of ether oxygens (including phenoxy) is 3. The molecule has 1 atom stereocenters. The van der Waals surface area contributed by atoms with Gasteiger partial charge in [0.05, 0.1) is 37.5 Å². The molecule has 0 bridgehead atoms. The van der Waals surface area contributed by atoms with Gasteiger partial charge < -0.3 is 24.2 Å². The second-order valence-corrected chi connectivity index (χ2v) is 6.84. The lowest BCUT2D eigenvalue weighted by Gasteiger charge is -2.25. The molecule has 2 aromatic carbocycles. The highest BCUT2D eigenvalue weighted by Gasteiger charge is 2.46. The topological polar surface area (TPSA) is 85.3 Å². The standard InChI is InChI=1S/C23H24FNO6/c1-4-31-16-7-5-6-14(12-16)20-19(22(27)23(28)25(20)10-11-29-2)21(26)17-13-15(24)8-9-18(17)30-3/h5-9,12-13,20,26H,4,10-11H2,1-3H3/b21-19+. The molecule has 1 aliphatic heterocycles. The molecule has 1 amide bonds. The molecule has 0 aliphatic carbocycles. The SMILES string of the molecule is CCOc1cccc(C2/C(=C(\O)c3cc(F)ccc3OC)C(=O)C(=O)N2CCOC)c1. The summed E-state index contributed by atoms with van der Waals surface area (Å²) >= 11 is 0. The molecule has 1 N–H and O–H groups in total. The van der Waals surface area contributed by atoms with Gasteiger partial charge in [-0.15, -0.1) is 0 Å². The van der Waals surface area contributed by atoms with Gasteiger partial charge >= 0.3 is 0 Å². The monoisotopic (exact) mass is 429 g/mol. The third-order valence-electron chi connectivity index (χ3n) is 4.98. The minimum Gasteiger partial charge on any atom is -0.507 e. The predicted octanol–water partition coefficient (Wildman–Crippen LogP) is 3.30. The molecule has 0 spiro atoms. The summed E-state index contributed by atoms with van der Waals surface area (Å²) in [6.07, 6.45) is 0. The van der Waals surface area contributed by atoms with Crippen LogP contribution in [0.4, 0.5) is 4.39 Å². The summed E-state index contributed by atoms with van der Waals surface area (Å²) in [5, 5.41) is 11.1. The second-order valence-electron chi connectivity index (χ2n) is 6.84. The van der Waals surface area contributed by atoms with Crippen molar-refractivity contribution in [2.75, 3.05) is 34.0 Å². The minimum absolute atomic E-state index is 0.0156. The zero-order chi connectivity index (χ0) is 22.5. The van der Waals surface area contributed by atoms with Crippen molar-refractivity contribution >= 4 is 17.4 Å². The number of hydrogen-bond donors (Lipinski definition) is 1. The van der Waals surface area contributed by atoms with Crippen LogP contribution in [0.5, 0.6) is 11.5 Å². The summed E-state index contributed by atoms with van der Waals surface area (Å²) in [6, 6.07) is 9.61. The molecule has 1 saturated heterocycles. The number of aliphatic hydroxyl groups is 1. The molecule has 31 heavy (non-hydrogen) atoms. The van der Waals surface area contributed by atoms with Gasteiger partial charge in [-0.05, 0) is 42.8 Å². The van der Waals surface area contributed by atoms with Crippen molar-refractivity contribution in [3.8, 4) is 11.5 Å². The molecule has 2 aromatic rings. The van der Waals surface area contributed by atoms with Crippen LogP contribution in [0.1, 0.15) is 24.1 Å². The van der Waals surface area contributed by atoms with Crippen molar-refractivity contribution in [2.45, 2.75) is 13.0 Å². The molecule has 1 fully saturated rings. The molecular formula is C23H24FNO6. The van der Waals surface area contributed by atoms with E-state index in [0.29, 0.717) is 17.9 Å². The maximum atomic E-state index is 13.9. The first-order valence-corrected chi connectivity index (χ1v) is 9.76. The molecule has 164 valence electrons. The third kappa shape index (κ3) is 4.39. The van der Waals surface area contributed by atoms with Gasteiger partial charge in [-0.2, -0.15) is 0 Å². The average Bonchev–Trinajstić information content (AvgIpc) is 3.02. The van der Waals surface area contributed by atoms with Crippen molar-refractivity contribution in [3.63, 3.8) is 0 Å². The number of carbonyl (C=O) groups excluding carboxylic acids is 2. The molecule has 0 saturated carbocycles. The van der Waals surface area contributed by atoms with E-state index in [1.54, 1.807) is 24.3 Å². The number of amides is 1. The zero-order valence-corrected chi connectivity index (χ0v) is 17.6. The highest BCUT2D eigenvalue weighted by atomic mass is 19.1. The average molecular weight is 429 g/mol. The highest BCUT2D eigenvalue weighted by Crippen LogP contribution is 2.41. The Morgan fingerprint density at radius 3 is 2.61 bits per heavy atom. The summed E-state index contributed by atoms with van der Waals surface area (Å²) in [5.74, 6) is -2.05. The van der Waals surface area contributed by atoms with Crippen LogP contribution in [0.2, 0.25) is 0 Å². The summed E-state index contributed by atoms with van der Waals surface area (Å²) in [6.45, 7) is 2.60. The smallest absolute Gasteiger partial charge is 0.295 e. The fourth-order valence-corrected chi connectivity index (χ4v) is 3.60. The Labute approximate surface area is 179 Å². The van der Waals surface area contributed by atoms with Crippen LogP contribution in [-0.2, 0) is 14.3 Å². The van der Waals surface area contributed by atoms with Crippen molar-refractivity contribution in [2.24, 2.45) is 0 Å². The number of ketones is 1. The van der Waals surface area contributed by atoms with E-state index in [-0.39, 0.29) is 30.0 Å². The van der Waals surface area contributed by atoms with Gasteiger partial charge in [-0.25, -0.2) is 4.39 Å². The number of nitrogens with zero attached hydrogens (tertiary/aromatic N) is 1. The van der Waals surface area contributed by atoms with Crippen LogP contribution in [0.25, 0.3) is 5.76 Å². The minimum atomic E-state index is -0.900. The van der Waals surface area contributed by atoms with E-state index in [1.165, 1.54) is 31.3 Å². The normalized spacial score (nSPS) is 17.8. The first-order chi connectivity index (χ1) is 14.9. The summed E-state index contributed by atoms with van der Waals surface area (Å²) in [4.78, 5) is 27.1. The second kappa shape index (κ2) is 9.61. The van der Waals surface area contributed by atoms with E-state index in [1.807, 2.05) is 6.92 Å². The van der Waals surface area contributed by atoms with E-state index < -0.39 is 29.3 Å². The van der Waals surface area contributed by atoms with E-state index in [2.05, 4.69) is 0 Å². The third-order valence-corrected chi connectivity index (χ3v) is 4.98. The number of halogens is 1. The molecule has 1 heterocycles. The van der Waals surface area contributed by atoms with E-state index in [0.717, 1.165) is 6.07 Å². The molecule has 8 heteroatoms. The van der Waals surface area contributed by atoms with E-state index in [4.69, 9.17) is 14.2 Å². The molecular weight excluding hydrogens is 405 g/mol. The van der Waals surface area contributed by atoms with Gasteiger partial charge in [0.1, 0.15) is 23.1 Å². The Hall–Kier alpha value is -3.39. The van der Waals surface area contributed by atoms with Crippen molar-refractivity contribution in [1.82, 2.24) is 4.90 Å². The Morgan fingerprint density at radius 1 is 1.16 bits per heavy atom. The molecule has 1 unspecified atom stereocenters. The maximum Gasteiger partial charge on any atom is 0.295 e. The van der Waals surface area contributed by atoms with Crippen LogP contribution in [0.15, 0.2) is 48.0 Å². The Bertz CT molecular complexity index is 1020.